The zero-order chi connectivity index (χ0) is 22.9. The summed E-state index contributed by atoms with van der Waals surface area (Å²) in [5.74, 6) is 0.893. The molecule has 0 saturated carbocycles. The fourth-order valence-corrected chi connectivity index (χ4v) is 4.20. The Morgan fingerprint density at radius 1 is 0.970 bits per heavy atom. The van der Waals surface area contributed by atoms with E-state index in [0.717, 1.165) is 50.7 Å². The average Bonchev–Trinajstić information content (AvgIpc) is 3.46. The molecule has 166 valence electrons. The van der Waals surface area contributed by atoms with Crippen LogP contribution in [0.1, 0.15) is 18.1 Å². The first-order valence-corrected chi connectivity index (χ1v) is 11.3. The van der Waals surface area contributed by atoms with Crippen LogP contribution in [0.25, 0.3) is 22.2 Å². The fourth-order valence-electron chi connectivity index (χ4n) is 4.08. The molecular weight excluding hydrogens is 432 g/mol. The molecule has 0 radical (unpaired) electrons. The first kappa shape index (κ1) is 21.2. The molecule has 0 N–H and O–H groups in total. The molecule has 0 bridgehead atoms. The standard InChI is InChI=1S/C26H25ClN6/c1-4-19-11-20(21-13-30-33(16-21)15-18-5-8-22(27)9-6-18)7-10-24(19)32(3)26-12-25-23(14-28-26)29-17-31(25)2/h5-14,16-17H,4,15H2,1-3H3. The van der Waals surface area contributed by atoms with E-state index in [2.05, 4.69) is 64.4 Å². The Morgan fingerprint density at radius 2 is 1.79 bits per heavy atom. The molecule has 0 aliphatic carbocycles. The molecule has 33 heavy (non-hydrogen) atoms. The number of fused-ring (bicyclic) bond motifs is 1. The van der Waals surface area contributed by atoms with Crippen molar-refractivity contribution in [2.75, 3.05) is 11.9 Å². The second-order valence-corrected chi connectivity index (χ2v) is 8.63. The quantitative estimate of drug-likeness (QED) is 0.321. The largest absolute Gasteiger partial charge is 0.334 e. The van der Waals surface area contributed by atoms with E-state index in [-0.39, 0.29) is 0 Å². The van der Waals surface area contributed by atoms with Crippen molar-refractivity contribution in [1.82, 2.24) is 24.3 Å². The molecular formula is C26H25ClN6. The maximum absolute atomic E-state index is 6.00. The minimum absolute atomic E-state index is 0.709. The molecule has 5 aromatic rings. The number of aryl methyl sites for hydroxylation is 2. The molecule has 5 rings (SSSR count). The minimum Gasteiger partial charge on any atom is -0.334 e. The first-order chi connectivity index (χ1) is 16.0. The monoisotopic (exact) mass is 456 g/mol. The van der Waals surface area contributed by atoms with Gasteiger partial charge in [0.2, 0.25) is 0 Å². The maximum atomic E-state index is 6.00. The van der Waals surface area contributed by atoms with Crippen LogP contribution in [0, 0.1) is 0 Å². The lowest BCUT2D eigenvalue weighted by atomic mass is 10.0. The van der Waals surface area contributed by atoms with Gasteiger partial charge < -0.3 is 9.47 Å². The van der Waals surface area contributed by atoms with Gasteiger partial charge in [-0.25, -0.2) is 9.97 Å². The molecule has 0 spiro atoms. The molecule has 7 heteroatoms. The highest BCUT2D eigenvalue weighted by atomic mass is 35.5. The number of imidazole rings is 1. The summed E-state index contributed by atoms with van der Waals surface area (Å²) in [6.45, 7) is 2.89. The summed E-state index contributed by atoms with van der Waals surface area (Å²) < 4.78 is 3.97. The lowest BCUT2D eigenvalue weighted by Gasteiger charge is -2.22. The smallest absolute Gasteiger partial charge is 0.134 e. The number of halogens is 1. The third-order valence-electron chi connectivity index (χ3n) is 5.99. The lowest BCUT2D eigenvalue weighted by molar-refractivity contribution is 0.687. The summed E-state index contributed by atoms with van der Waals surface area (Å²) in [5.41, 5.74) is 7.78. The van der Waals surface area contributed by atoms with Gasteiger partial charge in [0, 0.05) is 42.6 Å². The van der Waals surface area contributed by atoms with Gasteiger partial charge >= 0.3 is 0 Å². The zero-order valence-electron chi connectivity index (χ0n) is 18.9. The van der Waals surface area contributed by atoms with Gasteiger partial charge in [0.25, 0.3) is 0 Å². The minimum atomic E-state index is 0.709. The number of hydrogen-bond donors (Lipinski definition) is 0. The second kappa shape index (κ2) is 8.71. The summed E-state index contributed by atoms with van der Waals surface area (Å²) >= 11 is 6.00. The van der Waals surface area contributed by atoms with Crippen molar-refractivity contribution in [3.05, 3.63) is 89.6 Å². The van der Waals surface area contributed by atoms with E-state index in [1.807, 2.05) is 59.3 Å². The van der Waals surface area contributed by atoms with Gasteiger partial charge in [-0.15, -0.1) is 0 Å². The molecule has 0 amide bonds. The Hall–Kier alpha value is -3.64. The number of nitrogens with zero attached hydrogens (tertiary/aromatic N) is 6. The Morgan fingerprint density at radius 3 is 2.58 bits per heavy atom. The van der Waals surface area contributed by atoms with Crippen molar-refractivity contribution < 1.29 is 0 Å². The summed E-state index contributed by atoms with van der Waals surface area (Å²) in [7, 11) is 4.06. The number of rotatable bonds is 6. The van der Waals surface area contributed by atoms with Crippen molar-refractivity contribution in [2.24, 2.45) is 7.05 Å². The van der Waals surface area contributed by atoms with Crippen molar-refractivity contribution in [1.29, 1.82) is 0 Å². The summed E-state index contributed by atoms with van der Waals surface area (Å²) in [6.07, 6.45) is 8.57. The van der Waals surface area contributed by atoms with Crippen LogP contribution in [0.15, 0.2) is 73.4 Å². The normalized spacial score (nSPS) is 11.3. The van der Waals surface area contributed by atoms with E-state index in [1.165, 1.54) is 5.56 Å². The summed E-state index contributed by atoms with van der Waals surface area (Å²) in [6, 6.07) is 16.5. The number of aromatic nitrogens is 5. The Labute approximate surface area is 198 Å². The van der Waals surface area contributed by atoms with Crippen molar-refractivity contribution in [2.45, 2.75) is 19.9 Å². The van der Waals surface area contributed by atoms with E-state index in [4.69, 9.17) is 11.6 Å². The van der Waals surface area contributed by atoms with Crippen LogP contribution < -0.4 is 4.90 Å². The Kier molecular flexibility index (Phi) is 5.60. The fraction of sp³-hybridized carbons (Fsp3) is 0.192. The number of benzene rings is 2. The van der Waals surface area contributed by atoms with Crippen LogP contribution in [0.2, 0.25) is 5.02 Å². The maximum Gasteiger partial charge on any atom is 0.134 e. The van der Waals surface area contributed by atoms with E-state index in [1.54, 1.807) is 0 Å². The SMILES string of the molecule is CCc1cc(-c2cnn(Cc3ccc(Cl)cc3)c2)ccc1N(C)c1cc2c(cn1)ncn2C. The van der Waals surface area contributed by atoms with E-state index in [9.17, 15) is 0 Å². The van der Waals surface area contributed by atoms with Gasteiger partial charge in [0.05, 0.1) is 30.8 Å². The molecule has 0 unspecified atom stereocenters. The molecule has 0 atom stereocenters. The third kappa shape index (κ3) is 4.22. The van der Waals surface area contributed by atoms with Crippen LogP contribution >= 0.6 is 11.6 Å². The molecule has 3 aromatic heterocycles. The van der Waals surface area contributed by atoms with Gasteiger partial charge in [0.1, 0.15) is 11.3 Å². The van der Waals surface area contributed by atoms with Gasteiger partial charge in [0.15, 0.2) is 0 Å². The van der Waals surface area contributed by atoms with Crippen LogP contribution in [0.3, 0.4) is 0 Å². The highest BCUT2D eigenvalue weighted by Crippen LogP contribution is 2.31. The molecule has 0 fully saturated rings. The summed E-state index contributed by atoms with van der Waals surface area (Å²) in [5, 5.41) is 5.30. The molecule has 0 aliphatic rings. The van der Waals surface area contributed by atoms with Gasteiger partial charge in [-0.2, -0.15) is 5.10 Å². The van der Waals surface area contributed by atoms with Crippen molar-refractivity contribution in [3.63, 3.8) is 0 Å². The summed E-state index contributed by atoms with van der Waals surface area (Å²) in [4.78, 5) is 11.1. The van der Waals surface area contributed by atoms with Gasteiger partial charge in [-0.3, -0.25) is 4.68 Å². The number of pyridine rings is 1. The second-order valence-electron chi connectivity index (χ2n) is 8.20. The van der Waals surface area contributed by atoms with Gasteiger partial charge in [-0.05, 0) is 47.4 Å². The third-order valence-corrected chi connectivity index (χ3v) is 6.24. The van der Waals surface area contributed by atoms with Crippen molar-refractivity contribution in [3.8, 4) is 11.1 Å². The number of anilines is 2. The van der Waals surface area contributed by atoms with Crippen LogP contribution in [0.5, 0.6) is 0 Å². The van der Waals surface area contributed by atoms with E-state index >= 15 is 0 Å². The Bertz CT molecular complexity index is 1420. The predicted molar refractivity (Wildman–Crippen MR) is 134 cm³/mol. The van der Waals surface area contributed by atoms with Crippen LogP contribution in [0.4, 0.5) is 11.5 Å². The van der Waals surface area contributed by atoms with Crippen LogP contribution in [-0.4, -0.2) is 31.4 Å². The molecule has 0 saturated heterocycles. The first-order valence-electron chi connectivity index (χ1n) is 10.9. The molecule has 0 aliphatic heterocycles. The van der Waals surface area contributed by atoms with Crippen LogP contribution in [-0.2, 0) is 20.0 Å². The average molecular weight is 457 g/mol. The van der Waals surface area contributed by atoms with E-state index in [0.29, 0.717) is 6.54 Å². The van der Waals surface area contributed by atoms with Crippen molar-refractivity contribution >= 4 is 34.1 Å². The zero-order valence-corrected chi connectivity index (χ0v) is 19.7. The Balaban J connectivity index is 1.41. The highest BCUT2D eigenvalue weighted by Gasteiger charge is 2.13. The molecule has 2 aromatic carbocycles. The predicted octanol–water partition coefficient (Wildman–Crippen LogP) is 5.86. The topological polar surface area (TPSA) is 51.8 Å². The molecule has 3 heterocycles. The number of hydrogen-bond acceptors (Lipinski definition) is 4. The highest BCUT2D eigenvalue weighted by molar-refractivity contribution is 6.30. The van der Waals surface area contributed by atoms with E-state index < -0.39 is 0 Å². The lowest BCUT2D eigenvalue weighted by Crippen LogP contribution is -2.13. The van der Waals surface area contributed by atoms with Gasteiger partial charge in [-0.1, -0.05) is 36.7 Å². The molecule has 6 nitrogen and oxygen atoms in total.